The summed E-state index contributed by atoms with van der Waals surface area (Å²) >= 11 is 0. The Morgan fingerprint density at radius 2 is 1.83 bits per heavy atom. The van der Waals surface area contributed by atoms with Crippen molar-refractivity contribution < 1.29 is 9.53 Å². The normalized spacial score (nSPS) is 11.7. The molecule has 0 aromatic carbocycles. The monoisotopic (exact) mass is 250 g/mol. The van der Waals surface area contributed by atoms with Gasteiger partial charge in [0.1, 0.15) is 0 Å². The van der Waals surface area contributed by atoms with Gasteiger partial charge in [0.15, 0.2) is 0 Å². The maximum atomic E-state index is 11.4. The molecule has 0 aliphatic carbocycles. The van der Waals surface area contributed by atoms with Crippen molar-refractivity contribution in [1.29, 1.82) is 0 Å². The van der Waals surface area contributed by atoms with E-state index in [2.05, 4.69) is 32.9 Å². The zero-order valence-corrected chi connectivity index (χ0v) is 12.2. The minimum absolute atomic E-state index is 0.227. The van der Waals surface area contributed by atoms with E-state index in [1.807, 2.05) is 13.0 Å². The van der Waals surface area contributed by atoms with Gasteiger partial charge in [-0.05, 0) is 46.5 Å². The molecule has 0 amide bonds. The van der Waals surface area contributed by atoms with Gasteiger partial charge in [-0.25, -0.2) is 4.79 Å². The molecule has 18 heavy (non-hydrogen) atoms. The highest BCUT2D eigenvalue weighted by atomic mass is 16.5. The number of hydrogen-bond donors (Lipinski definition) is 0. The second-order valence-corrected chi connectivity index (χ2v) is 4.65. The van der Waals surface area contributed by atoms with Gasteiger partial charge in [-0.1, -0.05) is 36.3 Å². The number of hydrogen-bond acceptors (Lipinski definition) is 2. The Balaban J connectivity index is 3.83. The number of esters is 1. The van der Waals surface area contributed by atoms with E-state index in [9.17, 15) is 4.79 Å². The molecule has 102 valence electrons. The molecule has 0 bridgehead atoms. The summed E-state index contributed by atoms with van der Waals surface area (Å²) in [5.41, 5.74) is 2.38. The van der Waals surface area contributed by atoms with Crippen LogP contribution in [0.15, 0.2) is 35.5 Å². The fourth-order valence-corrected chi connectivity index (χ4v) is 1.42. The summed E-state index contributed by atoms with van der Waals surface area (Å²) in [4.78, 5) is 11.4. The summed E-state index contributed by atoms with van der Waals surface area (Å²) < 4.78 is 5.10. The van der Waals surface area contributed by atoms with Gasteiger partial charge in [-0.15, -0.1) is 0 Å². The summed E-state index contributed by atoms with van der Waals surface area (Å²) in [5.74, 6) is -0.227. The molecule has 0 fully saturated rings. The van der Waals surface area contributed by atoms with Crippen LogP contribution >= 0.6 is 0 Å². The van der Waals surface area contributed by atoms with Crippen LogP contribution in [0.4, 0.5) is 0 Å². The zero-order chi connectivity index (χ0) is 13.8. The molecule has 0 aliphatic heterocycles. The van der Waals surface area contributed by atoms with Gasteiger partial charge < -0.3 is 4.74 Å². The van der Waals surface area contributed by atoms with Crippen molar-refractivity contribution in [2.75, 3.05) is 6.61 Å². The molecule has 0 aromatic rings. The molecule has 0 saturated carbocycles. The van der Waals surface area contributed by atoms with Crippen LogP contribution in [0.3, 0.4) is 0 Å². The minimum Gasteiger partial charge on any atom is -0.462 e. The lowest BCUT2D eigenvalue weighted by Crippen LogP contribution is -2.02. The van der Waals surface area contributed by atoms with Gasteiger partial charge in [0.05, 0.1) is 6.61 Å². The summed E-state index contributed by atoms with van der Waals surface area (Å²) in [6, 6.07) is 0. The van der Waals surface area contributed by atoms with Crippen molar-refractivity contribution in [1.82, 2.24) is 0 Å². The Hall–Kier alpha value is -1.31. The van der Waals surface area contributed by atoms with E-state index in [0.717, 1.165) is 31.3 Å². The quantitative estimate of drug-likeness (QED) is 0.273. The molecule has 0 heterocycles. The highest BCUT2D eigenvalue weighted by Crippen LogP contribution is 2.06. The second kappa shape index (κ2) is 10.8. The van der Waals surface area contributed by atoms with Crippen molar-refractivity contribution in [2.24, 2.45) is 0 Å². The molecule has 0 N–H and O–H groups in total. The van der Waals surface area contributed by atoms with Crippen LogP contribution in [0, 0.1) is 0 Å². The average molecular weight is 250 g/mol. The highest BCUT2D eigenvalue weighted by molar-refractivity contribution is 5.82. The zero-order valence-electron chi connectivity index (χ0n) is 12.2. The lowest BCUT2D eigenvalue weighted by Gasteiger charge is -2.01. The fourth-order valence-electron chi connectivity index (χ4n) is 1.42. The molecule has 0 radical (unpaired) electrons. The number of carbonyl (C=O) groups is 1. The summed E-state index contributed by atoms with van der Waals surface area (Å²) in [5, 5.41) is 0. The lowest BCUT2D eigenvalue weighted by atomic mass is 10.1. The van der Waals surface area contributed by atoms with Crippen LogP contribution in [-0.4, -0.2) is 12.6 Å². The summed E-state index contributed by atoms with van der Waals surface area (Å²) in [6.07, 6.45) is 11.6. The van der Waals surface area contributed by atoms with E-state index in [-0.39, 0.29) is 5.97 Å². The Bertz CT molecular complexity index is 318. The third kappa shape index (κ3) is 11.2. The molecule has 0 spiro atoms. The van der Waals surface area contributed by atoms with Crippen LogP contribution in [0.25, 0.3) is 0 Å². The summed E-state index contributed by atoms with van der Waals surface area (Å²) in [6.45, 7) is 8.68. The Labute approximate surface area is 111 Å². The van der Waals surface area contributed by atoms with Crippen LogP contribution in [-0.2, 0) is 9.53 Å². The van der Waals surface area contributed by atoms with Gasteiger partial charge >= 0.3 is 5.97 Å². The van der Waals surface area contributed by atoms with E-state index in [0.29, 0.717) is 6.61 Å². The molecule has 0 atom stereocenters. The molecule has 0 rings (SSSR count). The van der Waals surface area contributed by atoms with E-state index in [1.54, 1.807) is 6.08 Å². The van der Waals surface area contributed by atoms with Gasteiger partial charge in [0.2, 0.25) is 0 Å². The lowest BCUT2D eigenvalue weighted by molar-refractivity contribution is -0.137. The number of ether oxygens (including phenoxy) is 1. The Morgan fingerprint density at radius 3 is 2.44 bits per heavy atom. The van der Waals surface area contributed by atoms with E-state index >= 15 is 0 Å². The highest BCUT2D eigenvalue weighted by Gasteiger charge is 1.98. The summed E-state index contributed by atoms with van der Waals surface area (Å²) in [7, 11) is 0. The van der Waals surface area contributed by atoms with Crippen LogP contribution < -0.4 is 0 Å². The first-order chi connectivity index (χ1) is 8.56. The average Bonchev–Trinajstić information content (AvgIpc) is 2.28. The van der Waals surface area contributed by atoms with Gasteiger partial charge in [0, 0.05) is 6.08 Å². The van der Waals surface area contributed by atoms with Crippen molar-refractivity contribution in [2.45, 2.75) is 53.4 Å². The Kier molecular flexibility index (Phi) is 10.0. The molecule has 2 heteroatoms. The number of rotatable bonds is 8. The van der Waals surface area contributed by atoms with Gasteiger partial charge in [-0.3, -0.25) is 0 Å². The minimum atomic E-state index is -0.227. The van der Waals surface area contributed by atoms with Crippen molar-refractivity contribution in [3.05, 3.63) is 35.5 Å². The maximum Gasteiger partial charge on any atom is 0.330 e. The Morgan fingerprint density at radius 1 is 1.11 bits per heavy atom. The topological polar surface area (TPSA) is 26.3 Å². The van der Waals surface area contributed by atoms with Crippen LogP contribution in [0.5, 0.6) is 0 Å². The van der Waals surface area contributed by atoms with Crippen molar-refractivity contribution in [3.8, 4) is 0 Å². The number of carbonyl (C=O) groups excluding carboxylic acids is 1. The molecule has 0 aliphatic rings. The standard InChI is InChI=1S/C16H26O2/c1-5-6-7-8-12-18-16(17)13-15(4)11-9-10-14(2)3/h6-7,10,13H,5,8-9,11-12H2,1-4H3/b7-6+,15-13+. The second-order valence-electron chi connectivity index (χ2n) is 4.65. The van der Waals surface area contributed by atoms with Crippen LogP contribution in [0.2, 0.25) is 0 Å². The molecule has 2 nitrogen and oxygen atoms in total. The largest absolute Gasteiger partial charge is 0.462 e. The fraction of sp³-hybridized carbons (Fsp3) is 0.562. The predicted molar refractivity (Wildman–Crippen MR) is 77.4 cm³/mol. The third-order valence-electron chi connectivity index (χ3n) is 2.39. The first kappa shape index (κ1) is 16.7. The predicted octanol–water partition coefficient (Wildman–Crippen LogP) is 4.58. The third-order valence-corrected chi connectivity index (χ3v) is 2.39. The van der Waals surface area contributed by atoms with Gasteiger partial charge in [0.25, 0.3) is 0 Å². The van der Waals surface area contributed by atoms with E-state index in [4.69, 9.17) is 4.74 Å². The van der Waals surface area contributed by atoms with Crippen LogP contribution in [0.1, 0.15) is 53.4 Å². The molecule has 0 aromatic heterocycles. The first-order valence-corrected chi connectivity index (χ1v) is 6.68. The molecular weight excluding hydrogens is 224 g/mol. The van der Waals surface area contributed by atoms with E-state index in [1.165, 1.54) is 5.57 Å². The molecular formula is C16H26O2. The first-order valence-electron chi connectivity index (χ1n) is 6.68. The van der Waals surface area contributed by atoms with Crippen molar-refractivity contribution in [3.63, 3.8) is 0 Å². The van der Waals surface area contributed by atoms with E-state index < -0.39 is 0 Å². The maximum absolute atomic E-state index is 11.4. The molecule has 0 saturated heterocycles. The number of allylic oxidation sites excluding steroid dienone is 4. The SMILES string of the molecule is CC/C=C/CCOC(=O)/C=C(\C)CCC=C(C)C. The van der Waals surface area contributed by atoms with Crippen molar-refractivity contribution >= 4 is 5.97 Å². The van der Waals surface area contributed by atoms with Gasteiger partial charge in [-0.2, -0.15) is 0 Å². The smallest absolute Gasteiger partial charge is 0.330 e. The molecule has 0 unspecified atom stereocenters.